The first-order valence-electron chi connectivity index (χ1n) is 41.3. The number of aryl methyl sites for hydroxylation is 2. The fourth-order valence-electron chi connectivity index (χ4n) is 16.6. The largest absolute Gasteiger partial charge is 0.203 e. The van der Waals surface area contributed by atoms with E-state index in [1.807, 2.05) is 84.9 Å². The van der Waals surface area contributed by atoms with Crippen molar-refractivity contribution in [3.05, 3.63) is 237 Å². The minimum absolute atomic E-state index is 0.287. The number of halogens is 2. The van der Waals surface area contributed by atoms with Crippen LogP contribution in [0.3, 0.4) is 0 Å². The third-order valence-corrected chi connectivity index (χ3v) is 23.2. The second-order valence-electron chi connectivity index (χ2n) is 30.9. The van der Waals surface area contributed by atoms with Crippen LogP contribution in [0.5, 0.6) is 0 Å². The van der Waals surface area contributed by atoms with Gasteiger partial charge in [0.2, 0.25) is 0 Å². The summed E-state index contributed by atoms with van der Waals surface area (Å²) >= 11 is 0. The molecular formula is C98H126F2N4. The van der Waals surface area contributed by atoms with Gasteiger partial charge in [0.1, 0.15) is 0 Å². The molecule has 552 valence electrons. The van der Waals surface area contributed by atoms with E-state index in [-0.39, 0.29) is 11.1 Å². The van der Waals surface area contributed by atoms with Gasteiger partial charge in [-0.1, -0.05) is 278 Å². The van der Waals surface area contributed by atoms with Crippen molar-refractivity contribution >= 4 is 11.7 Å². The van der Waals surface area contributed by atoms with Crippen molar-refractivity contribution in [3.8, 4) is 35.4 Å². The molecule has 4 nitrogen and oxygen atoms in total. The summed E-state index contributed by atoms with van der Waals surface area (Å²) < 4.78 is 28.6. The minimum Gasteiger partial charge on any atom is -0.203 e. The van der Waals surface area contributed by atoms with E-state index >= 15 is 0 Å². The Balaban J connectivity index is 0.000000183. The van der Waals surface area contributed by atoms with E-state index in [0.29, 0.717) is 0 Å². The van der Waals surface area contributed by atoms with E-state index in [1.165, 1.54) is 239 Å². The molecule has 0 radical (unpaired) electrons. The van der Waals surface area contributed by atoms with Gasteiger partial charge in [-0.2, -0.15) is 21.0 Å². The lowest BCUT2D eigenvalue weighted by Crippen LogP contribution is -2.13. The molecule has 0 aliphatic heterocycles. The third kappa shape index (κ3) is 28.9. The van der Waals surface area contributed by atoms with Crippen molar-refractivity contribution in [2.45, 2.75) is 296 Å². The molecule has 4 aliphatic carbocycles. The Morgan fingerprint density at radius 2 is 0.510 bits per heavy atom. The van der Waals surface area contributed by atoms with Crippen molar-refractivity contribution in [3.63, 3.8) is 0 Å². The average Bonchev–Trinajstić information content (AvgIpc) is 0.853. The van der Waals surface area contributed by atoms with Crippen LogP contribution in [-0.4, -0.2) is 0 Å². The SMILES string of the molecule is CCCC1CCC(c2ccc(C#N)cc2)CC1.CCCCCC1CCC(c2ccc(-c3ccc(C#N)cc3)cc2)CC1.CCCCCC1CCC(c2ccc(C#N)cc2)CC1.CCCCCCCC1CCC(c2ccc(C#N)cc2)CC1.CCCc1ccc(/C(F)=C(\F)c2ccc(CCC)cc2)cc1. The summed E-state index contributed by atoms with van der Waals surface area (Å²) in [5, 5.41) is 35.4. The first kappa shape index (κ1) is 83.4. The van der Waals surface area contributed by atoms with E-state index in [2.05, 4.69) is 126 Å². The normalized spacial score (nSPS) is 20.0. The van der Waals surface area contributed by atoms with Crippen molar-refractivity contribution in [1.82, 2.24) is 0 Å². The van der Waals surface area contributed by atoms with Gasteiger partial charge in [0.15, 0.2) is 11.7 Å². The maximum absolute atomic E-state index is 14.3. The molecule has 0 amide bonds. The maximum Gasteiger partial charge on any atom is 0.166 e. The molecule has 4 aliphatic rings. The van der Waals surface area contributed by atoms with Gasteiger partial charge in [-0.15, -0.1) is 0 Å². The zero-order valence-electron chi connectivity index (χ0n) is 64.8. The van der Waals surface area contributed by atoms with Crippen LogP contribution in [0.2, 0.25) is 0 Å². The number of hydrogen-bond acceptors (Lipinski definition) is 4. The minimum atomic E-state index is -0.800. The molecular weight excluding hydrogens is 1270 g/mol. The highest BCUT2D eigenvalue weighted by Gasteiger charge is 2.26. The zero-order valence-corrected chi connectivity index (χ0v) is 64.8. The Morgan fingerprint density at radius 1 is 0.269 bits per heavy atom. The van der Waals surface area contributed by atoms with Gasteiger partial charge in [-0.05, 0) is 256 Å². The van der Waals surface area contributed by atoms with Crippen molar-refractivity contribution < 1.29 is 8.78 Å². The molecule has 0 unspecified atom stereocenters. The smallest absolute Gasteiger partial charge is 0.166 e. The number of nitriles is 4. The summed E-state index contributed by atoms with van der Waals surface area (Å²) in [7, 11) is 0. The summed E-state index contributed by atoms with van der Waals surface area (Å²) in [5.74, 6) is 5.23. The standard InChI is InChI=1S/C24H29N.C20H22F2.C20H29N.C18H25N.C16H21N/c1-2-3-4-5-19-6-10-21(11-7-19)23-14-16-24(17-15-23)22-12-8-20(18-25)9-13-22;1-3-5-15-7-11-17(12-8-15)19(21)20(22)18-13-9-16(6-4-2)10-14-18;1-2-3-4-5-6-7-17-8-12-19(13-9-17)20-14-10-18(16-21)11-15-20;1-2-3-4-5-15-6-10-17(11-7-15)18-12-8-16(14-19)9-13-18;1-2-3-13-4-8-15(9-5-13)16-10-6-14(12-17)7-11-16/h8-9,12-17,19,21H,2-7,10-11H2,1H3;7-14H,3-6H2,1-2H3;10-11,14-15,17,19H,2-9,12-13H2,1H3;8-9,12-13,15,17H,2-7,10-11H2,1H3;6-7,10-11,13,15H,2-5,8-9H2,1H3/b;20-19+;;;. The molecule has 4 saturated carbocycles. The van der Waals surface area contributed by atoms with Crippen molar-refractivity contribution in [1.29, 1.82) is 21.0 Å². The van der Waals surface area contributed by atoms with Gasteiger partial charge in [0.05, 0.1) is 46.5 Å². The monoisotopic (exact) mass is 1400 g/mol. The van der Waals surface area contributed by atoms with E-state index < -0.39 is 11.7 Å². The summed E-state index contributed by atoms with van der Waals surface area (Å²) in [6.45, 7) is 13.3. The van der Waals surface area contributed by atoms with Crippen LogP contribution in [0, 0.1) is 69.0 Å². The molecule has 0 atom stereocenters. The maximum atomic E-state index is 14.3. The van der Waals surface area contributed by atoms with Crippen LogP contribution < -0.4 is 0 Å². The molecule has 0 saturated heterocycles. The Kier molecular flexibility index (Phi) is 38.7. The lowest BCUT2D eigenvalue weighted by molar-refractivity contribution is 0.302. The number of hydrogen-bond donors (Lipinski definition) is 0. The van der Waals surface area contributed by atoms with E-state index in [4.69, 9.17) is 21.0 Å². The summed E-state index contributed by atoms with van der Waals surface area (Å²) in [4.78, 5) is 0. The van der Waals surface area contributed by atoms with Gasteiger partial charge in [0.25, 0.3) is 0 Å². The Bertz CT molecular complexity index is 3600. The Labute approximate surface area is 629 Å². The van der Waals surface area contributed by atoms with Gasteiger partial charge in [0, 0.05) is 11.1 Å². The molecule has 0 aromatic heterocycles. The van der Waals surface area contributed by atoms with Crippen LogP contribution >= 0.6 is 0 Å². The van der Waals surface area contributed by atoms with Gasteiger partial charge in [-0.3, -0.25) is 0 Å². The van der Waals surface area contributed by atoms with E-state index in [1.54, 1.807) is 24.3 Å². The lowest BCUT2D eigenvalue weighted by atomic mass is 9.77. The summed E-state index contributed by atoms with van der Waals surface area (Å²) in [6, 6.07) is 64.4. The molecule has 0 N–H and O–H groups in total. The van der Waals surface area contributed by atoms with Crippen LogP contribution in [0.25, 0.3) is 22.8 Å². The van der Waals surface area contributed by atoms with E-state index in [9.17, 15) is 8.78 Å². The Morgan fingerprint density at radius 3 is 0.779 bits per heavy atom. The topological polar surface area (TPSA) is 95.2 Å². The van der Waals surface area contributed by atoms with Crippen LogP contribution in [0.4, 0.5) is 8.78 Å². The van der Waals surface area contributed by atoms with E-state index in [0.717, 1.165) is 106 Å². The molecule has 6 heteroatoms. The first-order valence-corrected chi connectivity index (χ1v) is 41.3. The van der Waals surface area contributed by atoms with Crippen molar-refractivity contribution in [2.75, 3.05) is 0 Å². The molecule has 0 heterocycles. The van der Waals surface area contributed by atoms with Gasteiger partial charge in [-0.25, -0.2) is 8.78 Å². The first-order chi connectivity index (χ1) is 50.9. The fourth-order valence-corrected chi connectivity index (χ4v) is 16.6. The highest BCUT2D eigenvalue weighted by atomic mass is 19.2. The quantitative estimate of drug-likeness (QED) is 0.0379. The average molecular weight is 1400 g/mol. The second kappa shape index (κ2) is 48.3. The number of benzene rings is 7. The zero-order chi connectivity index (χ0) is 73.9. The molecule has 4 fully saturated rings. The number of unbranched alkanes of at least 4 members (excludes halogenated alkanes) is 8. The summed E-state index contributed by atoms with van der Waals surface area (Å²) in [6.07, 6.45) is 48.3. The van der Waals surface area contributed by atoms with Crippen LogP contribution in [0.1, 0.15) is 350 Å². The van der Waals surface area contributed by atoms with Crippen molar-refractivity contribution in [2.24, 2.45) is 23.7 Å². The molecule has 0 bridgehead atoms. The van der Waals surface area contributed by atoms with Crippen LogP contribution in [0.15, 0.2) is 170 Å². The Hall–Kier alpha value is -7.90. The molecule has 11 rings (SSSR count). The lowest BCUT2D eigenvalue weighted by Gasteiger charge is -2.29. The molecule has 0 spiro atoms. The highest BCUT2D eigenvalue weighted by Crippen LogP contribution is 2.42. The molecule has 7 aromatic carbocycles. The molecule has 7 aromatic rings. The predicted octanol–water partition coefficient (Wildman–Crippen LogP) is 29.7. The van der Waals surface area contributed by atoms with Gasteiger partial charge >= 0.3 is 0 Å². The second-order valence-corrected chi connectivity index (χ2v) is 30.9. The number of nitrogens with zero attached hydrogens (tertiary/aromatic N) is 4. The number of rotatable bonds is 27. The predicted molar refractivity (Wildman–Crippen MR) is 435 cm³/mol. The third-order valence-electron chi connectivity index (χ3n) is 23.2. The summed E-state index contributed by atoms with van der Waals surface area (Å²) in [5.41, 5.74) is 14.1. The van der Waals surface area contributed by atoms with Gasteiger partial charge < -0.3 is 0 Å². The highest BCUT2D eigenvalue weighted by molar-refractivity contribution is 5.83. The molecule has 104 heavy (non-hydrogen) atoms. The fraction of sp³-hybridized carbons (Fsp3) is 0.510. The van der Waals surface area contributed by atoms with Crippen LogP contribution in [-0.2, 0) is 12.8 Å².